The molecule has 1 fully saturated rings. The van der Waals surface area contributed by atoms with E-state index in [1.165, 1.54) is 22.5 Å². The zero-order valence-electron chi connectivity index (χ0n) is 20.4. The number of thiazole rings is 1. The van der Waals surface area contributed by atoms with Crippen molar-refractivity contribution in [2.24, 2.45) is 0 Å². The van der Waals surface area contributed by atoms with Gasteiger partial charge in [0.15, 0.2) is 5.13 Å². The Hall–Kier alpha value is -1.77. The topological polar surface area (TPSA) is 71.1 Å². The largest absolute Gasteiger partial charge is 0.301 e. The molecule has 0 spiro atoms. The van der Waals surface area contributed by atoms with Gasteiger partial charge in [0, 0.05) is 11.1 Å². The van der Waals surface area contributed by atoms with E-state index in [1.807, 2.05) is 32.9 Å². The van der Waals surface area contributed by atoms with E-state index in [-0.39, 0.29) is 5.91 Å². The number of aryl methyl sites for hydroxylation is 2. The lowest BCUT2D eigenvalue weighted by Gasteiger charge is -2.24. The Morgan fingerprint density at radius 1 is 1.09 bits per heavy atom. The van der Waals surface area contributed by atoms with E-state index in [0.717, 1.165) is 28.8 Å². The van der Waals surface area contributed by atoms with Crippen LogP contribution in [0.5, 0.6) is 0 Å². The van der Waals surface area contributed by atoms with Crippen LogP contribution in [0.15, 0.2) is 42.6 Å². The van der Waals surface area contributed by atoms with Crippen molar-refractivity contribution in [2.75, 3.05) is 5.32 Å². The monoisotopic (exact) mass is 549 g/mol. The summed E-state index contributed by atoms with van der Waals surface area (Å²) in [4.78, 5) is 18.6. The van der Waals surface area contributed by atoms with Crippen molar-refractivity contribution < 1.29 is 9.00 Å². The fraction of sp³-hybridized carbons (Fsp3) is 0.385. The van der Waals surface area contributed by atoms with Crippen LogP contribution in [-0.4, -0.2) is 19.8 Å². The number of nitrogens with zero attached hydrogens (tertiary/aromatic N) is 1. The second-order valence-electron chi connectivity index (χ2n) is 10.0. The van der Waals surface area contributed by atoms with E-state index in [1.54, 1.807) is 18.3 Å². The van der Waals surface area contributed by atoms with Gasteiger partial charge in [0.25, 0.3) is 0 Å². The molecule has 186 valence electrons. The lowest BCUT2D eigenvalue weighted by Crippen LogP contribution is -2.36. The van der Waals surface area contributed by atoms with Crippen molar-refractivity contribution in [3.63, 3.8) is 0 Å². The summed E-state index contributed by atoms with van der Waals surface area (Å²) >= 11 is 13.8. The second kappa shape index (κ2) is 9.94. The first kappa shape index (κ1) is 26.3. The summed E-state index contributed by atoms with van der Waals surface area (Å²) < 4.78 is 15.7. The average Bonchev–Trinajstić information content (AvgIpc) is 3.48. The van der Waals surface area contributed by atoms with Gasteiger partial charge in [-0.2, -0.15) is 0 Å². The van der Waals surface area contributed by atoms with Gasteiger partial charge in [-0.25, -0.2) is 13.9 Å². The minimum Gasteiger partial charge on any atom is -0.301 e. The maximum absolute atomic E-state index is 13.3. The van der Waals surface area contributed by atoms with Crippen LogP contribution in [0, 0.1) is 13.8 Å². The summed E-state index contributed by atoms with van der Waals surface area (Å²) in [5.41, 5.74) is 3.75. The number of hydrogen-bond donors (Lipinski definition) is 2. The van der Waals surface area contributed by atoms with Crippen molar-refractivity contribution in [3.8, 4) is 0 Å². The van der Waals surface area contributed by atoms with Crippen LogP contribution in [-0.2, 0) is 21.2 Å². The van der Waals surface area contributed by atoms with Gasteiger partial charge >= 0.3 is 0 Å². The van der Waals surface area contributed by atoms with Crippen LogP contribution in [0.1, 0.15) is 66.8 Å². The molecule has 1 aromatic heterocycles. The molecule has 1 aliphatic carbocycles. The molecule has 0 radical (unpaired) electrons. The van der Waals surface area contributed by atoms with Crippen LogP contribution in [0.4, 0.5) is 5.13 Å². The molecule has 2 N–H and O–H groups in total. The minimum atomic E-state index is -1.35. The molecule has 2 aromatic carbocycles. The summed E-state index contributed by atoms with van der Waals surface area (Å²) in [6, 6.07) is 11.1. The fourth-order valence-corrected chi connectivity index (χ4v) is 5.87. The first-order chi connectivity index (χ1) is 16.4. The van der Waals surface area contributed by atoms with Crippen LogP contribution < -0.4 is 10.0 Å². The first-order valence-corrected chi connectivity index (χ1v) is 14.1. The summed E-state index contributed by atoms with van der Waals surface area (Å²) in [6.07, 6.45) is 3.34. The number of hydrogen-bond acceptors (Lipinski definition) is 4. The van der Waals surface area contributed by atoms with Crippen molar-refractivity contribution >= 4 is 56.6 Å². The van der Waals surface area contributed by atoms with E-state index in [9.17, 15) is 9.00 Å². The maximum Gasteiger partial charge on any atom is 0.236 e. The molecule has 1 aliphatic rings. The number of carbonyl (C=O) groups excluding carboxylic acids is 1. The number of anilines is 1. The molecule has 9 heteroatoms. The molecule has 5 nitrogen and oxygen atoms in total. The molecule has 1 saturated carbocycles. The third kappa shape index (κ3) is 5.65. The third-order valence-electron chi connectivity index (χ3n) is 6.33. The number of aromatic nitrogens is 1. The SMILES string of the molecule is Cc1ccc(C2(C(=O)Nc3ncc([C@@H](NS(=O)C(C)(C)C)c4ccc(Cl)c(Cl)c4)s3)CC2)cc1C. The minimum absolute atomic E-state index is 0.0426. The zero-order chi connectivity index (χ0) is 25.5. The van der Waals surface area contributed by atoms with Crippen molar-refractivity contribution in [1.29, 1.82) is 0 Å². The normalized spacial score (nSPS) is 16.5. The van der Waals surface area contributed by atoms with Gasteiger partial charge in [0.1, 0.15) is 0 Å². The quantitative estimate of drug-likeness (QED) is 0.337. The predicted octanol–water partition coefficient (Wildman–Crippen LogP) is 6.88. The standard InChI is InChI=1S/C26H29Cl2N3O2S2/c1-15-6-8-18(12-16(15)2)26(10-11-26)23(32)30-24-29-14-21(34-24)22(31-35(33)25(3,4)5)17-7-9-19(27)20(28)13-17/h6-9,12-14,22,31H,10-11H2,1-5H3,(H,29,30,32)/t22-,35?/m0/s1. The first-order valence-electron chi connectivity index (χ1n) is 11.4. The van der Waals surface area contributed by atoms with Gasteiger partial charge < -0.3 is 5.32 Å². The van der Waals surface area contributed by atoms with E-state index in [0.29, 0.717) is 15.2 Å². The molecule has 35 heavy (non-hydrogen) atoms. The lowest BCUT2D eigenvalue weighted by atomic mass is 9.92. The molecule has 1 unspecified atom stereocenters. The van der Waals surface area contributed by atoms with Crippen molar-refractivity contribution in [2.45, 2.75) is 63.7 Å². The number of amides is 1. The Balaban J connectivity index is 1.59. The Labute approximate surface area is 223 Å². The summed E-state index contributed by atoms with van der Waals surface area (Å²) in [7, 11) is -1.35. The van der Waals surface area contributed by atoms with Gasteiger partial charge in [-0.05, 0) is 81.8 Å². The van der Waals surface area contributed by atoms with Crippen LogP contribution in [0.25, 0.3) is 0 Å². The zero-order valence-corrected chi connectivity index (χ0v) is 23.5. The van der Waals surface area contributed by atoms with Crippen LogP contribution >= 0.6 is 34.5 Å². The molecule has 3 aromatic rings. The average molecular weight is 551 g/mol. The lowest BCUT2D eigenvalue weighted by molar-refractivity contribution is -0.118. The van der Waals surface area contributed by atoms with Crippen molar-refractivity contribution in [1.82, 2.24) is 9.71 Å². The van der Waals surface area contributed by atoms with Gasteiger partial charge in [-0.1, -0.05) is 58.8 Å². The number of carbonyl (C=O) groups is 1. The number of halogens is 2. The Morgan fingerprint density at radius 3 is 2.40 bits per heavy atom. The van der Waals surface area contributed by atoms with E-state index < -0.39 is 27.2 Å². The Morgan fingerprint density at radius 2 is 1.80 bits per heavy atom. The van der Waals surface area contributed by atoms with Gasteiger partial charge in [0.05, 0.1) is 37.2 Å². The van der Waals surface area contributed by atoms with Crippen molar-refractivity contribution in [3.05, 3.63) is 79.8 Å². The molecule has 2 atom stereocenters. The highest BCUT2D eigenvalue weighted by Gasteiger charge is 2.51. The van der Waals surface area contributed by atoms with E-state index in [2.05, 4.69) is 41.0 Å². The van der Waals surface area contributed by atoms with E-state index >= 15 is 0 Å². The fourth-order valence-electron chi connectivity index (χ4n) is 3.77. The predicted molar refractivity (Wildman–Crippen MR) is 147 cm³/mol. The Kier molecular flexibility index (Phi) is 7.47. The molecule has 0 saturated heterocycles. The highest BCUT2D eigenvalue weighted by atomic mass is 35.5. The Bertz CT molecular complexity index is 1300. The molecule has 4 rings (SSSR count). The third-order valence-corrected chi connectivity index (χ3v) is 9.61. The van der Waals surface area contributed by atoms with E-state index in [4.69, 9.17) is 23.2 Å². The van der Waals surface area contributed by atoms with Gasteiger partial charge in [0.2, 0.25) is 5.91 Å². The maximum atomic E-state index is 13.3. The summed E-state index contributed by atoms with van der Waals surface area (Å²) in [6.45, 7) is 9.85. The van der Waals surface area contributed by atoms with Gasteiger partial charge in [-0.3, -0.25) is 4.79 Å². The molecule has 1 amide bonds. The molecule has 1 heterocycles. The molecule has 0 bridgehead atoms. The molecular weight excluding hydrogens is 521 g/mol. The summed E-state index contributed by atoms with van der Waals surface area (Å²) in [5.74, 6) is -0.0426. The van der Waals surface area contributed by atoms with Gasteiger partial charge in [-0.15, -0.1) is 0 Å². The number of rotatable bonds is 7. The molecule has 0 aliphatic heterocycles. The highest BCUT2D eigenvalue weighted by Crippen LogP contribution is 2.49. The number of benzene rings is 2. The van der Waals surface area contributed by atoms with Crippen LogP contribution in [0.2, 0.25) is 10.0 Å². The smallest absolute Gasteiger partial charge is 0.236 e. The molecular formula is C26H29Cl2N3O2S2. The number of nitrogens with one attached hydrogen (secondary N) is 2. The highest BCUT2D eigenvalue weighted by molar-refractivity contribution is 7.84. The van der Waals surface area contributed by atoms with Crippen LogP contribution in [0.3, 0.4) is 0 Å². The second-order valence-corrected chi connectivity index (χ2v) is 13.9. The summed E-state index contributed by atoms with van der Waals surface area (Å²) in [5, 5.41) is 4.40.